The van der Waals surface area contributed by atoms with E-state index in [1.54, 1.807) is 6.20 Å². The maximum atomic E-state index is 6.06. The molecule has 1 saturated carbocycles. The quantitative estimate of drug-likeness (QED) is 0.936. The van der Waals surface area contributed by atoms with Crippen LogP contribution in [0.2, 0.25) is 0 Å². The summed E-state index contributed by atoms with van der Waals surface area (Å²) in [6.07, 6.45) is 9.08. The Morgan fingerprint density at radius 3 is 2.90 bits per heavy atom. The van der Waals surface area contributed by atoms with Crippen molar-refractivity contribution < 1.29 is 0 Å². The first kappa shape index (κ1) is 13.4. The molecular weight excluding hydrogens is 268 g/mol. The van der Waals surface area contributed by atoms with Crippen molar-refractivity contribution in [2.75, 3.05) is 24.2 Å². The van der Waals surface area contributed by atoms with Gasteiger partial charge in [-0.2, -0.15) is 4.37 Å². The molecule has 3 rings (SSSR count). The van der Waals surface area contributed by atoms with Crippen LogP contribution in [0.5, 0.6) is 0 Å². The molecule has 1 aliphatic carbocycles. The van der Waals surface area contributed by atoms with Crippen LogP contribution in [-0.2, 0) is 0 Å². The third kappa shape index (κ3) is 2.63. The van der Waals surface area contributed by atoms with E-state index in [9.17, 15) is 0 Å². The maximum absolute atomic E-state index is 6.06. The predicted molar refractivity (Wildman–Crippen MR) is 85.0 cm³/mol. The van der Waals surface area contributed by atoms with Crippen molar-refractivity contribution in [3.8, 4) is 11.1 Å². The number of rotatable bonds is 4. The minimum absolute atomic E-state index is 0.608. The van der Waals surface area contributed by atoms with Gasteiger partial charge in [-0.1, -0.05) is 18.9 Å². The van der Waals surface area contributed by atoms with E-state index in [2.05, 4.69) is 21.3 Å². The zero-order valence-corrected chi connectivity index (χ0v) is 12.6. The molecule has 20 heavy (non-hydrogen) atoms. The fourth-order valence-corrected chi connectivity index (χ4v) is 3.80. The number of nitrogens with zero attached hydrogens (tertiary/aromatic N) is 3. The summed E-state index contributed by atoms with van der Waals surface area (Å²) in [6, 6.07) is 3.98. The second-order valence-electron chi connectivity index (χ2n) is 5.52. The molecule has 2 aromatic heterocycles. The lowest BCUT2D eigenvalue weighted by Gasteiger charge is -2.22. The summed E-state index contributed by atoms with van der Waals surface area (Å²) in [7, 11) is 2.14. The van der Waals surface area contributed by atoms with Gasteiger partial charge in [-0.3, -0.25) is 4.98 Å². The van der Waals surface area contributed by atoms with Gasteiger partial charge in [0.2, 0.25) is 0 Å². The van der Waals surface area contributed by atoms with Crippen LogP contribution < -0.4 is 10.6 Å². The van der Waals surface area contributed by atoms with Gasteiger partial charge in [0.1, 0.15) is 10.8 Å². The van der Waals surface area contributed by atoms with Gasteiger partial charge in [0.25, 0.3) is 0 Å². The Morgan fingerprint density at radius 1 is 1.40 bits per heavy atom. The van der Waals surface area contributed by atoms with E-state index in [0.717, 1.165) is 28.6 Å². The summed E-state index contributed by atoms with van der Waals surface area (Å²) in [6.45, 7) is 1.09. The van der Waals surface area contributed by atoms with Crippen molar-refractivity contribution >= 4 is 22.4 Å². The van der Waals surface area contributed by atoms with Crippen LogP contribution in [0.3, 0.4) is 0 Å². The van der Waals surface area contributed by atoms with Gasteiger partial charge in [-0.25, -0.2) is 0 Å². The lowest BCUT2D eigenvalue weighted by Crippen LogP contribution is -2.23. The first-order chi connectivity index (χ1) is 9.75. The summed E-state index contributed by atoms with van der Waals surface area (Å²) < 4.78 is 4.34. The van der Waals surface area contributed by atoms with Gasteiger partial charge in [0.15, 0.2) is 0 Å². The van der Waals surface area contributed by atoms with E-state index in [1.165, 1.54) is 37.2 Å². The summed E-state index contributed by atoms with van der Waals surface area (Å²) in [5.74, 6) is 1.42. The van der Waals surface area contributed by atoms with Gasteiger partial charge in [-0.05, 0) is 36.4 Å². The highest BCUT2D eigenvalue weighted by Gasteiger charge is 2.21. The SMILES string of the molecule is CN(CC1CCCC1)c1snc(N)c1-c1cccnc1. The predicted octanol–water partition coefficient (Wildman–Crippen LogP) is 3.41. The van der Waals surface area contributed by atoms with E-state index >= 15 is 0 Å². The molecule has 0 saturated heterocycles. The van der Waals surface area contributed by atoms with E-state index < -0.39 is 0 Å². The molecule has 4 nitrogen and oxygen atoms in total. The maximum Gasteiger partial charge on any atom is 0.147 e. The Labute approximate surface area is 123 Å². The Hall–Kier alpha value is -1.62. The zero-order chi connectivity index (χ0) is 13.9. The first-order valence-corrected chi connectivity index (χ1v) is 7.89. The monoisotopic (exact) mass is 288 g/mol. The van der Waals surface area contributed by atoms with Gasteiger partial charge in [0, 0.05) is 31.5 Å². The van der Waals surface area contributed by atoms with Crippen molar-refractivity contribution in [1.82, 2.24) is 9.36 Å². The summed E-state index contributed by atoms with van der Waals surface area (Å²) in [5, 5.41) is 1.16. The molecule has 1 fully saturated rings. The molecule has 0 aliphatic heterocycles. The van der Waals surface area contributed by atoms with Crippen LogP contribution in [0.15, 0.2) is 24.5 Å². The van der Waals surface area contributed by atoms with Crippen LogP contribution in [0, 0.1) is 5.92 Å². The van der Waals surface area contributed by atoms with Crippen LogP contribution in [-0.4, -0.2) is 22.9 Å². The topological polar surface area (TPSA) is 55.0 Å². The minimum atomic E-state index is 0.608. The highest BCUT2D eigenvalue weighted by molar-refractivity contribution is 7.11. The lowest BCUT2D eigenvalue weighted by atomic mass is 10.1. The third-order valence-corrected chi connectivity index (χ3v) is 4.98. The highest BCUT2D eigenvalue weighted by atomic mass is 32.1. The molecule has 0 atom stereocenters. The molecule has 2 N–H and O–H groups in total. The van der Waals surface area contributed by atoms with Crippen molar-refractivity contribution in [1.29, 1.82) is 0 Å². The molecule has 5 heteroatoms. The van der Waals surface area contributed by atoms with E-state index in [1.807, 2.05) is 18.3 Å². The number of hydrogen-bond acceptors (Lipinski definition) is 5. The van der Waals surface area contributed by atoms with Crippen LogP contribution in [0.4, 0.5) is 10.8 Å². The van der Waals surface area contributed by atoms with Crippen molar-refractivity contribution in [2.24, 2.45) is 5.92 Å². The molecule has 2 heterocycles. The summed E-state index contributed by atoms with van der Waals surface area (Å²) in [4.78, 5) is 6.50. The fraction of sp³-hybridized carbons (Fsp3) is 0.467. The molecule has 1 aliphatic rings. The molecule has 0 amide bonds. The minimum Gasteiger partial charge on any atom is -0.382 e. The molecule has 0 bridgehead atoms. The van der Waals surface area contributed by atoms with Crippen molar-refractivity contribution in [3.63, 3.8) is 0 Å². The van der Waals surface area contributed by atoms with Crippen LogP contribution >= 0.6 is 11.5 Å². The fourth-order valence-electron chi connectivity index (χ4n) is 3.00. The Balaban J connectivity index is 1.86. The number of nitrogens with two attached hydrogens (primary N) is 1. The lowest BCUT2D eigenvalue weighted by molar-refractivity contribution is 0.548. The Kier molecular flexibility index (Phi) is 3.87. The largest absolute Gasteiger partial charge is 0.382 e. The molecule has 0 aromatic carbocycles. The number of anilines is 2. The second-order valence-corrected chi connectivity index (χ2v) is 6.27. The second kappa shape index (κ2) is 5.79. The first-order valence-electron chi connectivity index (χ1n) is 7.12. The van der Waals surface area contributed by atoms with Gasteiger partial charge in [-0.15, -0.1) is 0 Å². The van der Waals surface area contributed by atoms with E-state index in [4.69, 9.17) is 5.73 Å². The van der Waals surface area contributed by atoms with Gasteiger partial charge >= 0.3 is 0 Å². The standard InChI is InChI=1S/C15H20N4S/c1-19(10-11-5-2-3-6-11)15-13(14(16)18-20-15)12-7-4-8-17-9-12/h4,7-9,11H,2-3,5-6,10H2,1H3,(H2,16,18). The van der Waals surface area contributed by atoms with Crippen LogP contribution in [0.25, 0.3) is 11.1 Å². The van der Waals surface area contributed by atoms with Crippen molar-refractivity contribution in [2.45, 2.75) is 25.7 Å². The zero-order valence-electron chi connectivity index (χ0n) is 11.7. The Bertz CT molecular complexity index is 561. The van der Waals surface area contributed by atoms with Crippen LogP contribution in [0.1, 0.15) is 25.7 Å². The summed E-state index contributed by atoms with van der Waals surface area (Å²) >= 11 is 1.49. The molecule has 0 spiro atoms. The Morgan fingerprint density at radius 2 is 2.20 bits per heavy atom. The smallest absolute Gasteiger partial charge is 0.147 e. The number of aromatic nitrogens is 2. The average molecular weight is 288 g/mol. The van der Waals surface area contributed by atoms with E-state index in [0.29, 0.717) is 5.82 Å². The van der Waals surface area contributed by atoms with Gasteiger partial charge in [0.05, 0.1) is 5.56 Å². The third-order valence-electron chi connectivity index (χ3n) is 4.00. The molecule has 2 aromatic rings. The van der Waals surface area contributed by atoms with Crippen molar-refractivity contribution in [3.05, 3.63) is 24.5 Å². The average Bonchev–Trinajstić information content (AvgIpc) is 3.09. The highest BCUT2D eigenvalue weighted by Crippen LogP contribution is 2.39. The molecule has 106 valence electrons. The number of pyridine rings is 1. The summed E-state index contributed by atoms with van der Waals surface area (Å²) in [5.41, 5.74) is 8.14. The molecule has 0 unspecified atom stereocenters. The normalized spacial score (nSPS) is 15.7. The van der Waals surface area contributed by atoms with E-state index in [-0.39, 0.29) is 0 Å². The molecular formula is C15H20N4S. The van der Waals surface area contributed by atoms with Gasteiger partial charge < -0.3 is 10.6 Å². The number of hydrogen-bond donors (Lipinski definition) is 1. The molecule has 0 radical (unpaired) electrons. The number of nitrogen functional groups attached to an aromatic ring is 1.